The van der Waals surface area contributed by atoms with Crippen molar-refractivity contribution < 1.29 is 9.90 Å². The number of carbonyl (C=O) groups excluding carboxylic acids is 1. The van der Waals surface area contributed by atoms with Gasteiger partial charge in [0.2, 0.25) is 5.91 Å². The topological polar surface area (TPSA) is 52.6 Å². The van der Waals surface area contributed by atoms with Crippen LogP contribution in [0.5, 0.6) is 0 Å². The molecule has 17 heavy (non-hydrogen) atoms. The third-order valence-electron chi connectivity index (χ3n) is 3.22. The minimum Gasteiger partial charge on any atom is -0.389 e. The SMILES string of the molecule is CCCC(C)(O)CNCC(=O)N(CC)C1CC1. The Hall–Kier alpha value is -0.610. The van der Waals surface area contributed by atoms with Crippen molar-refractivity contribution in [3.8, 4) is 0 Å². The maximum Gasteiger partial charge on any atom is 0.236 e. The Balaban J connectivity index is 2.23. The Labute approximate surface area is 104 Å². The smallest absolute Gasteiger partial charge is 0.236 e. The fourth-order valence-corrected chi connectivity index (χ4v) is 2.19. The lowest BCUT2D eigenvalue weighted by atomic mass is 10.0. The number of nitrogens with zero attached hydrogens (tertiary/aromatic N) is 1. The van der Waals surface area contributed by atoms with Gasteiger partial charge >= 0.3 is 0 Å². The van der Waals surface area contributed by atoms with E-state index in [1.807, 2.05) is 25.7 Å². The van der Waals surface area contributed by atoms with Gasteiger partial charge in [-0.25, -0.2) is 0 Å². The molecule has 0 radical (unpaired) electrons. The first-order valence-corrected chi connectivity index (χ1v) is 6.72. The number of hydrogen-bond acceptors (Lipinski definition) is 3. The average Bonchev–Trinajstić information content (AvgIpc) is 3.02. The highest BCUT2D eigenvalue weighted by Crippen LogP contribution is 2.26. The molecule has 1 saturated carbocycles. The highest BCUT2D eigenvalue weighted by Gasteiger charge is 2.31. The molecule has 0 aromatic rings. The van der Waals surface area contributed by atoms with E-state index < -0.39 is 5.60 Å². The van der Waals surface area contributed by atoms with E-state index in [-0.39, 0.29) is 5.91 Å². The first-order valence-electron chi connectivity index (χ1n) is 6.72. The summed E-state index contributed by atoms with van der Waals surface area (Å²) in [6.45, 7) is 7.48. The van der Waals surface area contributed by atoms with Gasteiger partial charge in [-0.1, -0.05) is 13.3 Å². The third-order valence-corrected chi connectivity index (χ3v) is 3.22. The molecule has 1 atom stereocenters. The third kappa shape index (κ3) is 5.04. The van der Waals surface area contributed by atoms with E-state index in [9.17, 15) is 9.90 Å². The van der Waals surface area contributed by atoms with Gasteiger partial charge in [-0.3, -0.25) is 4.79 Å². The number of nitrogens with one attached hydrogen (secondary N) is 1. The summed E-state index contributed by atoms with van der Waals surface area (Å²) in [6.07, 6.45) is 4.00. The molecule has 1 aliphatic carbocycles. The van der Waals surface area contributed by atoms with Gasteiger partial charge in [0.1, 0.15) is 0 Å². The van der Waals surface area contributed by atoms with Crippen LogP contribution in [0.15, 0.2) is 0 Å². The average molecular weight is 242 g/mol. The number of likely N-dealkylation sites (N-methyl/N-ethyl adjacent to an activating group) is 1. The molecule has 0 aliphatic heterocycles. The second-order valence-corrected chi connectivity index (χ2v) is 5.26. The van der Waals surface area contributed by atoms with Crippen LogP contribution in [0.4, 0.5) is 0 Å². The molecule has 1 aliphatic rings. The molecular weight excluding hydrogens is 216 g/mol. The molecule has 0 bridgehead atoms. The van der Waals surface area contributed by atoms with Crippen molar-refractivity contribution in [2.45, 2.75) is 58.1 Å². The van der Waals surface area contributed by atoms with E-state index in [2.05, 4.69) is 5.32 Å². The van der Waals surface area contributed by atoms with Crippen molar-refractivity contribution in [3.05, 3.63) is 0 Å². The summed E-state index contributed by atoms with van der Waals surface area (Å²) in [5.74, 6) is 0.155. The molecule has 0 aromatic heterocycles. The van der Waals surface area contributed by atoms with Crippen LogP contribution < -0.4 is 5.32 Å². The Bertz CT molecular complexity index is 250. The number of aliphatic hydroxyl groups is 1. The second-order valence-electron chi connectivity index (χ2n) is 5.26. The highest BCUT2D eigenvalue weighted by atomic mass is 16.3. The molecule has 0 heterocycles. The summed E-state index contributed by atoms with van der Waals surface area (Å²) in [4.78, 5) is 13.8. The van der Waals surface area contributed by atoms with E-state index in [0.29, 0.717) is 19.1 Å². The lowest BCUT2D eigenvalue weighted by Crippen LogP contribution is -2.44. The molecule has 1 fully saturated rings. The zero-order valence-electron chi connectivity index (χ0n) is 11.3. The van der Waals surface area contributed by atoms with Gasteiger partial charge in [0.25, 0.3) is 0 Å². The fourth-order valence-electron chi connectivity index (χ4n) is 2.19. The Morgan fingerprint density at radius 1 is 1.47 bits per heavy atom. The molecule has 4 nitrogen and oxygen atoms in total. The van der Waals surface area contributed by atoms with Gasteiger partial charge in [0.15, 0.2) is 0 Å². The standard InChI is InChI=1S/C13H26N2O2/c1-4-8-13(3,17)10-14-9-12(16)15(5-2)11-6-7-11/h11,14,17H,4-10H2,1-3H3. The normalized spacial score (nSPS) is 18.8. The highest BCUT2D eigenvalue weighted by molar-refractivity contribution is 5.78. The number of amides is 1. The van der Waals surface area contributed by atoms with Crippen LogP contribution in [0.1, 0.15) is 46.5 Å². The van der Waals surface area contributed by atoms with Gasteiger partial charge < -0.3 is 15.3 Å². The molecule has 1 amide bonds. The molecular formula is C13H26N2O2. The molecule has 2 N–H and O–H groups in total. The van der Waals surface area contributed by atoms with Crippen molar-refractivity contribution >= 4 is 5.91 Å². The van der Waals surface area contributed by atoms with Crippen molar-refractivity contribution in [1.29, 1.82) is 0 Å². The molecule has 0 saturated heterocycles. The summed E-state index contributed by atoms with van der Waals surface area (Å²) in [7, 11) is 0. The van der Waals surface area contributed by atoms with E-state index in [4.69, 9.17) is 0 Å². The van der Waals surface area contributed by atoms with E-state index in [1.54, 1.807) is 0 Å². The Morgan fingerprint density at radius 2 is 2.12 bits per heavy atom. The number of rotatable bonds is 8. The van der Waals surface area contributed by atoms with Gasteiger partial charge in [0, 0.05) is 19.1 Å². The van der Waals surface area contributed by atoms with Crippen LogP contribution in [0, 0.1) is 0 Å². The molecule has 4 heteroatoms. The first kappa shape index (κ1) is 14.5. The van der Waals surface area contributed by atoms with Gasteiger partial charge in [0.05, 0.1) is 12.1 Å². The second kappa shape index (κ2) is 6.36. The maximum absolute atomic E-state index is 11.9. The van der Waals surface area contributed by atoms with E-state index in [0.717, 1.165) is 32.2 Å². The molecule has 100 valence electrons. The van der Waals surface area contributed by atoms with Crippen LogP contribution in [0.3, 0.4) is 0 Å². The van der Waals surface area contributed by atoms with Crippen LogP contribution >= 0.6 is 0 Å². The predicted octanol–water partition coefficient (Wildman–Crippen LogP) is 1.14. The molecule has 1 rings (SSSR count). The molecule has 0 aromatic carbocycles. The van der Waals surface area contributed by atoms with Gasteiger partial charge in [-0.05, 0) is 33.1 Å². The lowest BCUT2D eigenvalue weighted by molar-refractivity contribution is -0.130. The number of carbonyl (C=O) groups is 1. The minimum atomic E-state index is -0.703. The predicted molar refractivity (Wildman–Crippen MR) is 68.8 cm³/mol. The van der Waals surface area contributed by atoms with Crippen LogP contribution in [0.25, 0.3) is 0 Å². The van der Waals surface area contributed by atoms with Crippen molar-refractivity contribution in [3.63, 3.8) is 0 Å². The Kier molecular flexibility index (Phi) is 5.40. The fraction of sp³-hybridized carbons (Fsp3) is 0.923. The van der Waals surface area contributed by atoms with Crippen molar-refractivity contribution in [2.24, 2.45) is 0 Å². The summed E-state index contributed by atoms with van der Waals surface area (Å²) in [6, 6.07) is 0.477. The van der Waals surface area contributed by atoms with Crippen molar-refractivity contribution in [1.82, 2.24) is 10.2 Å². The summed E-state index contributed by atoms with van der Waals surface area (Å²) >= 11 is 0. The maximum atomic E-state index is 11.9. The van der Waals surface area contributed by atoms with E-state index in [1.165, 1.54) is 0 Å². The van der Waals surface area contributed by atoms with Crippen LogP contribution in [0.2, 0.25) is 0 Å². The van der Waals surface area contributed by atoms with E-state index >= 15 is 0 Å². The zero-order chi connectivity index (χ0) is 12.9. The monoisotopic (exact) mass is 242 g/mol. The van der Waals surface area contributed by atoms with Crippen molar-refractivity contribution in [2.75, 3.05) is 19.6 Å². The molecule has 0 spiro atoms. The first-order chi connectivity index (χ1) is 8.00. The summed E-state index contributed by atoms with van der Waals surface area (Å²) < 4.78 is 0. The van der Waals surface area contributed by atoms with Gasteiger partial charge in [-0.2, -0.15) is 0 Å². The van der Waals surface area contributed by atoms with Crippen LogP contribution in [-0.4, -0.2) is 47.2 Å². The van der Waals surface area contributed by atoms with Gasteiger partial charge in [-0.15, -0.1) is 0 Å². The minimum absolute atomic E-state index is 0.155. The summed E-state index contributed by atoms with van der Waals surface area (Å²) in [5, 5.41) is 13.0. The number of hydrogen-bond donors (Lipinski definition) is 2. The largest absolute Gasteiger partial charge is 0.389 e. The molecule has 1 unspecified atom stereocenters. The Morgan fingerprint density at radius 3 is 2.59 bits per heavy atom. The quantitative estimate of drug-likeness (QED) is 0.671. The zero-order valence-corrected chi connectivity index (χ0v) is 11.3. The lowest BCUT2D eigenvalue weighted by Gasteiger charge is -2.25. The van der Waals surface area contributed by atoms with Crippen LogP contribution in [-0.2, 0) is 4.79 Å². The summed E-state index contributed by atoms with van der Waals surface area (Å²) in [5.41, 5.74) is -0.703.